The number of nitrogens with one attached hydrogen (secondary N) is 1. The Morgan fingerprint density at radius 2 is 2.23 bits per heavy atom. The highest BCUT2D eigenvalue weighted by Crippen LogP contribution is 2.30. The van der Waals surface area contributed by atoms with Crippen molar-refractivity contribution in [3.8, 4) is 5.75 Å². The van der Waals surface area contributed by atoms with Crippen LogP contribution < -0.4 is 10.3 Å². The van der Waals surface area contributed by atoms with Crippen LogP contribution in [-0.4, -0.2) is 12.1 Å². The van der Waals surface area contributed by atoms with E-state index in [1.165, 1.54) is 13.3 Å². The summed E-state index contributed by atoms with van der Waals surface area (Å²) in [5, 5.41) is 0. The fourth-order valence-electron chi connectivity index (χ4n) is 0.848. The molecule has 1 heterocycles. The van der Waals surface area contributed by atoms with Gasteiger partial charge < -0.3 is 9.72 Å². The van der Waals surface area contributed by atoms with Crippen molar-refractivity contribution in [3.05, 3.63) is 26.6 Å². The lowest BCUT2D eigenvalue weighted by Gasteiger charge is -2.06. The molecule has 0 amide bonds. The molecule has 0 radical (unpaired) electrons. The van der Waals surface area contributed by atoms with Crippen molar-refractivity contribution >= 4 is 15.9 Å². The van der Waals surface area contributed by atoms with Gasteiger partial charge in [0.05, 0.1) is 11.6 Å². The van der Waals surface area contributed by atoms with Gasteiger partial charge in [0.2, 0.25) is 0 Å². The van der Waals surface area contributed by atoms with Gasteiger partial charge in [0.1, 0.15) is 11.3 Å². The van der Waals surface area contributed by atoms with E-state index in [9.17, 15) is 13.6 Å². The number of alkyl halides is 2. The minimum atomic E-state index is -2.83. The van der Waals surface area contributed by atoms with Crippen molar-refractivity contribution in [3.63, 3.8) is 0 Å². The van der Waals surface area contributed by atoms with Gasteiger partial charge in [-0.3, -0.25) is 4.79 Å². The molecule has 1 aromatic rings. The molecule has 1 aromatic heterocycles. The minimum Gasteiger partial charge on any atom is -0.494 e. The van der Waals surface area contributed by atoms with Gasteiger partial charge in [-0.1, -0.05) is 0 Å². The van der Waals surface area contributed by atoms with Gasteiger partial charge >= 0.3 is 0 Å². The van der Waals surface area contributed by atoms with Crippen LogP contribution in [0.25, 0.3) is 0 Å². The van der Waals surface area contributed by atoms with Crippen LogP contribution in [0.4, 0.5) is 8.78 Å². The van der Waals surface area contributed by atoms with Gasteiger partial charge in [-0.25, -0.2) is 8.78 Å². The third kappa shape index (κ3) is 1.88. The molecule has 0 unspecified atom stereocenters. The van der Waals surface area contributed by atoms with Crippen LogP contribution in [0, 0.1) is 0 Å². The van der Waals surface area contributed by atoms with E-state index in [2.05, 4.69) is 20.9 Å². The summed E-state index contributed by atoms with van der Waals surface area (Å²) in [6.07, 6.45) is -1.61. The first-order valence-electron chi connectivity index (χ1n) is 3.31. The first kappa shape index (κ1) is 10.2. The Labute approximate surface area is 80.9 Å². The number of H-pyrrole nitrogens is 1. The molecule has 3 nitrogen and oxygen atoms in total. The zero-order chi connectivity index (χ0) is 10.0. The molecule has 0 spiro atoms. The average Bonchev–Trinajstić information content (AvgIpc) is 2.04. The van der Waals surface area contributed by atoms with Crippen molar-refractivity contribution in [2.45, 2.75) is 6.43 Å². The number of hydrogen-bond acceptors (Lipinski definition) is 2. The monoisotopic (exact) mass is 253 g/mol. The molecule has 0 bridgehead atoms. The molecule has 0 aliphatic carbocycles. The number of rotatable bonds is 2. The number of aromatic nitrogens is 1. The maximum atomic E-state index is 12.3. The van der Waals surface area contributed by atoms with E-state index in [1.807, 2.05) is 0 Å². The van der Waals surface area contributed by atoms with E-state index in [0.29, 0.717) is 0 Å². The summed E-state index contributed by atoms with van der Waals surface area (Å²) in [7, 11) is 1.33. The predicted molar refractivity (Wildman–Crippen MR) is 46.3 cm³/mol. The second kappa shape index (κ2) is 3.87. The van der Waals surface area contributed by atoms with Crippen LogP contribution in [0.15, 0.2) is 15.5 Å². The topological polar surface area (TPSA) is 42.1 Å². The molecule has 0 fully saturated rings. The molecule has 0 saturated heterocycles. The van der Waals surface area contributed by atoms with E-state index in [4.69, 9.17) is 4.74 Å². The van der Waals surface area contributed by atoms with Gasteiger partial charge in [0.25, 0.3) is 12.0 Å². The van der Waals surface area contributed by atoms with Crippen molar-refractivity contribution in [2.75, 3.05) is 7.11 Å². The van der Waals surface area contributed by atoms with Gasteiger partial charge in [0, 0.05) is 6.20 Å². The van der Waals surface area contributed by atoms with Gasteiger partial charge in [-0.05, 0) is 15.9 Å². The van der Waals surface area contributed by atoms with Crippen molar-refractivity contribution in [1.82, 2.24) is 4.98 Å². The second-order valence-electron chi connectivity index (χ2n) is 2.21. The number of halogens is 3. The van der Waals surface area contributed by atoms with Crippen LogP contribution in [-0.2, 0) is 0 Å². The Kier molecular flexibility index (Phi) is 3.02. The highest BCUT2D eigenvalue weighted by Gasteiger charge is 2.19. The molecule has 0 aliphatic heterocycles. The zero-order valence-electron chi connectivity index (χ0n) is 6.61. The molecule has 72 valence electrons. The summed E-state index contributed by atoms with van der Waals surface area (Å²) in [5.74, 6) is 0.176. The number of methoxy groups -OCH3 is 1. The SMILES string of the molecule is COc1c[nH]c(=O)c(C(F)F)c1Br. The summed E-state index contributed by atoms with van der Waals surface area (Å²) in [6, 6.07) is 0. The normalized spacial score (nSPS) is 10.5. The van der Waals surface area contributed by atoms with Gasteiger partial charge in [-0.2, -0.15) is 0 Å². The summed E-state index contributed by atoms with van der Waals surface area (Å²) in [5.41, 5.74) is -1.43. The zero-order valence-corrected chi connectivity index (χ0v) is 8.19. The lowest BCUT2D eigenvalue weighted by molar-refractivity contribution is 0.148. The van der Waals surface area contributed by atoms with Crippen LogP contribution >= 0.6 is 15.9 Å². The smallest absolute Gasteiger partial charge is 0.270 e. The highest BCUT2D eigenvalue weighted by molar-refractivity contribution is 9.10. The summed E-state index contributed by atoms with van der Waals surface area (Å²) in [4.78, 5) is 13.1. The Bertz CT molecular complexity index is 364. The summed E-state index contributed by atoms with van der Waals surface area (Å²) < 4.78 is 29.3. The van der Waals surface area contributed by atoms with Crippen LogP contribution in [0.1, 0.15) is 12.0 Å². The fraction of sp³-hybridized carbons (Fsp3) is 0.286. The van der Waals surface area contributed by atoms with E-state index in [0.717, 1.165) is 0 Å². The maximum Gasteiger partial charge on any atom is 0.270 e. The first-order chi connectivity index (χ1) is 6.07. The fourth-order valence-corrected chi connectivity index (χ4v) is 1.48. The first-order valence-corrected chi connectivity index (χ1v) is 4.10. The van der Waals surface area contributed by atoms with Crippen LogP contribution in [0.5, 0.6) is 5.75 Å². The number of hydrogen-bond donors (Lipinski definition) is 1. The molecule has 13 heavy (non-hydrogen) atoms. The number of ether oxygens (including phenoxy) is 1. The molecule has 1 rings (SSSR count). The molecule has 0 atom stereocenters. The Morgan fingerprint density at radius 1 is 1.62 bits per heavy atom. The lowest BCUT2D eigenvalue weighted by Crippen LogP contribution is -2.13. The van der Waals surface area contributed by atoms with Gasteiger partial charge in [-0.15, -0.1) is 0 Å². The van der Waals surface area contributed by atoms with E-state index < -0.39 is 17.5 Å². The third-order valence-electron chi connectivity index (χ3n) is 1.47. The van der Waals surface area contributed by atoms with Crippen LogP contribution in [0.2, 0.25) is 0 Å². The van der Waals surface area contributed by atoms with E-state index >= 15 is 0 Å². The second-order valence-corrected chi connectivity index (χ2v) is 3.01. The molecule has 0 aliphatic rings. The largest absolute Gasteiger partial charge is 0.494 e. The van der Waals surface area contributed by atoms with E-state index in [-0.39, 0.29) is 10.2 Å². The lowest BCUT2D eigenvalue weighted by atomic mass is 10.3. The number of pyridine rings is 1. The standard InChI is InChI=1S/C7H6BrF2NO2/c1-13-3-2-11-7(12)4(5(3)8)6(9)10/h2,6H,1H3,(H,11,12). The minimum absolute atomic E-state index is 0.00579. The average molecular weight is 254 g/mol. The van der Waals surface area contributed by atoms with Gasteiger partial charge in [0.15, 0.2) is 0 Å². The molecular weight excluding hydrogens is 248 g/mol. The Morgan fingerprint density at radius 3 is 2.69 bits per heavy atom. The van der Waals surface area contributed by atoms with Crippen molar-refractivity contribution < 1.29 is 13.5 Å². The molecule has 0 saturated carbocycles. The van der Waals surface area contributed by atoms with Crippen LogP contribution in [0.3, 0.4) is 0 Å². The van der Waals surface area contributed by atoms with Crippen molar-refractivity contribution in [1.29, 1.82) is 0 Å². The highest BCUT2D eigenvalue weighted by atomic mass is 79.9. The molecule has 6 heteroatoms. The molecular formula is C7H6BrF2NO2. The van der Waals surface area contributed by atoms with Crippen molar-refractivity contribution in [2.24, 2.45) is 0 Å². The molecule has 1 N–H and O–H groups in total. The summed E-state index contributed by atoms with van der Waals surface area (Å²) >= 11 is 2.87. The summed E-state index contributed by atoms with van der Waals surface area (Å²) in [6.45, 7) is 0. The quantitative estimate of drug-likeness (QED) is 0.877. The van der Waals surface area contributed by atoms with E-state index in [1.54, 1.807) is 0 Å². The Balaban J connectivity index is 3.39. The Hall–Kier alpha value is -0.910. The number of aromatic amines is 1. The third-order valence-corrected chi connectivity index (χ3v) is 2.29. The predicted octanol–water partition coefficient (Wildman–Crippen LogP) is 2.08. The molecule has 0 aromatic carbocycles. The maximum absolute atomic E-state index is 12.3.